The zero-order valence-corrected chi connectivity index (χ0v) is 12.2. The Hall–Kier alpha value is -2.50. The lowest BCUT2D eigenvalue weighted by Crippen LogP contribution is -1.99. The highest BCUT2D eigenvalue weighted by Crippen LogP contribution is 2.38. The van der Waals surface area contributed by atoms with Gasteiger partial charge in [0.1, 0.15) is 17.1 Å². The van der Waals surface area contributed by atoms with E-state index < -0.39 is 5.97 Å². The van der Waals surface area contributed by atoms with Crippen molar-refractivity contribution in [2.45, 2.75) is 19.8 Å². The molecule has 0 aliphatic heterocycles. The number of carboxylic acid groups (broad SMARTS) is 1. The van der Waals surface area contributed by atoms with Crippen LogP contribution in [-0.4, -0.2) is 30.3 Å². The Morgan fingerprint density at radius 1 is 1.29 bits per heavy atom. The minimum absolute atomic E-state index is 0.139. The molecule has 0 aliphatic carbocycles. The van der Waals surface area contributed by atoms with Crippen molar-refractivity contribution in [3.63, 3.8) is 0 Å². The maximum absolute atomic E-state index is 11.3. The molecule has 1 N–H and O–H groups in total. The van der Waals surface area contributed by atoms with Crippen molar-refractivity contribution in [3.05, 3.63) is 29.7 Å². The fourth-order valence-electron chi connectivity index (χ4n) is 2.09. The number of oxazole rings is 1. The molecule has 0 aliphatic rings. The highest BCUT2D eigenvalue weighted by atomic mass is 16.5. The molecule has 0 spiro atoms. The molecule has 0 bridgehead atoms. The first-order valence-corrected chi connectivity index (χ1v) is 6.56. The molecule has 0 atom stereocenters. The van der Waals surface area contributed by atoms with Crippen LogP contribution < -0.4 is 9.47 Å². The first-order valence-electron chi connectivity index (χ1n) is 6.56. The van der Waals surface area contributed by atoms with Crippen molar-refractivity contribution >= 4 is 5.97 Å². The summed E-state index contributed by atoms with van der Waals surface area (Å²) in [6.07, 6.45) is 1.30. The molecule has 1 heterocycles. The predicted octanol–water partition coefficient (Wildman–Crippen LogP) is 3.01. The fourth-order valence-corrected chi connectivity index (χ4v) is 2.09. The van der Waals surface area contributed by atoms with Gasteiger partial charge < -0.3 is 19.0 Å². The Bertz CT molecular complexity index is 625. The molecule has 2 aromatic rings. The number of carbonyl (C=O) groups is 1. The van der Waals surface area contributed by atoms with E-state index in [2.05, 4.69) is 4.98 Å². The highest BCUT2D eigenvalue weighted by molar-refractivity contribution is 5.86. The summed E-state index contributed by atoms with van der Waals surface area (Å²) in [5.74, 6) is -0.0674. The van der Waals surface area contributed by atoms with E-state index in [1.54, 1.807) is 18.2 Å². The Morgan fingerprint density at radius 2 is 1.90 bits per heavy atom. The van der Waals surface area contributed by atoms with Gasteiger partial charge in [0.2, 0.25) is 11.7 Å². The summed E-state index contributed by atoms with van der Waals surface area (Å²) < 4.78 is 16.0. The summed E-state index contributed by atoms with van der Waals surface area (Å²) in [5.41, 5.74) is 0.931. The molecule has 112 valence electrons. The number of methoxy groups -OCH3 is 2. The average Bonchev–Trinajstić information content (AvgIpc) is 2.90. The third kappa shape index (κ3) is 2.84. The smallest absolute Gasteiger partial charge is 0.373 e. The number of carboxylic acids is 1. The van der Waals surface area contributed by atoms with Crippen LogP contribution in [0.4, 0.5) is 0 Å². The van der Waals surface area contributed by atoms with Crippen LogP contribution in [0.15, 0.2) is 22.6 Å². The standard InChI is InChI=1S/C15H17NO5/c1-4-6-9-13(15(17)18)21-14(16-9)12-10(19-2)7-5-8-11(12)20-3/h5,7-8H,4,6H2,1-3H3,(H,17,18). The van der Waals surface area contributed by atoms with Gasteiger partial charge in [0.05, 0.1) is 19.9 Å². The Balaban J connectivity index is 2.61. The lowest BCUT2D eigenvalue weighted by atomic mass is 10.1. The first kappa shape index (κ1) is 14.9. The Kier molecular flexibility index (Phi) is 4.47. The molecular formula is C15H17NO5. The first-order chi connectivity index (χ1) is 10.1. The molecule has 6 heteroatoms. The van der Waals surface area contributed by atoms with Crippen LogP contribution in [0, 0.1) is 0 Å². The van der Waals surface area contributed by atoms with E-state index in [0.717, 1.165) is 6.42 Å². The lowest BCUT2D eigenvalue weighted by molar-refractivity contribution is 0.0661. The molecule has 0 radical (unpaired) electrons. The van der Waals surface area contributed by atoms with Crippen molar-refractivity contribution in [1.29, 1.82) is 0 Å². The molecule has 0 saturated carbocycles. The Labute approximate surface area is 122 Å². The number of aryl methyl sites for hydroxylation is 1. The van der Waals surface area contributed by atoms with E-state index in [1.807, 2.05) is 6.92 Å². The van der Waals surface area contributed by atoms with E-state index in [4.69, 9.17) is 13.9 Å². The number of aromatic nitrogens is 1. The van der Waals surface area contributed by atoms with Crippen LogP contribution in [0.1, 0.15) is 29.6 Å². The van der Waals surface area contributed by atoms with Gasteiger partial charge in [-0.2, -0.15) is 0 Å². The van der Waals surface area contributed by atoms with E-state index in [1.165, 1.54) is 14.2 Å². The lowest BCUT2D eigenvalue weighted by Gasteiger charge is -2.09. The summed E-state index contributed by atoms with van der Waals surface area (Å²) in [7, 11) is 3.04. The summed E-state index contributed by atoms with van der Waals surface area (Å²) in [5, 5.41) is 9.21. The number of nitrogens with zero attached hydrogens (tertiary/aromatic N) is 1. The van der Waals surface area contributed by atoms with Gasteiger partial charge in [-0.1, -0.05) is 19.4 Å². The number of aromatic carboxylic acids is 1. The van der Waals surface area contributed by atoms with Crippen LogP contribution in [0.2, 0.25) is 0 Å². The van der Waals surface area contributed by atoms with Gasteiger partial charge in [0.15, 0.2) is 0 Å². The predicted molar refractivity (Wildman–Crippen MR) is 76.0 cm³/mol. The molecule has 1 aromatic carbocycles. The monoisotopic (exact) mass is 291 g/mol. The van der Waals surface area contributed by atoms with Crippen LogP contribution >= 0.6 is 0 Å². The van der Waals surface area contributed by atoms with Crippen LogP contribution in [0.25, 0.3) is 11.5 Å². The third-order valence-corrected chi connectivity index (χ3v) is 3.02. The average molecular weight is 291 g/mol. The molecule has 1 aromatic heterocycles. The zero-order valence-electron chi connectivity index (χ0n) is 12.2. The van der Waals surface area contributed by atoms with Crippen molar-refractivity contribution in [1.82, 2.24) is 4.98 Å². The molecule has 0 saturated heterocycles. The van der Waals surface area contributed by atoms with E-state index in [-0.39, 0.29) is 11.7 Å². The van der Waals surface area contributed by atoms with Gasteiger partial charge in [-0.3, -0.25) is 0 Å². The van der Waals surface area contributed by atoms with Crippen LogP contribution in [0.5, 0.6) is 11.5 Å². The largest absolute Gasteiger partial charge is 0.496 e. The van der Waals surface area contributed by atoms with Gasteiger partial charge in [0.25, 0.3) is 0 Å². The molecule has 21 heavy (non-hydrogen) atoms. The summed E-state index contributed by atoms with van der Waals surface area (Å²) in [6.45, 7) is 1.95. The zero-order chi connectivity index (χ0) is 15.4. The fraction of sp³-hybridized carbons (Fsp3) is 0.333. The number of rotatable bonds is 6. The summed E-state index contributed by atoms with van der Waals surface area (Å²) in [4.78, 5) is 15.6. The van der Waals surface area contributed by atoms with Gasteiger partial charge in [-0.05, 0) is 18.6 Å². The van der Waals surface area contributed by atoms with Crippen LogP contribution in [-0.2, 0) is 6.42 Å². The van der Waals surface area contributed by atoms with Gasteiger partial charge in [0, 0.05) is 0 Å². The molecular weight excluding hydrogens is 274 g/mol. The second kappa shape index (κ2) is 6.30. The van der Waals surface area contributed by atoms with Gasteiger partial charge in [-0.25, -0.2) is 9.78 Å². The van der Waals surface area contributed by atoms with Crippen molar-refractivity contribution in [2.24, 2.45) is 0 Å². The second-order valence-electron chi connectivity index (χ2n) is 4.39. The summed E-state index contributed by atoms with van der Waals surface area (Å²) >= 11 is 0. The number of ether oxygens (including phenoxy) is 2. The maximum atomic E-state index is 11.3. The third-order valence-electron chi connectivity index (χ3n) is 3.02. The van der Waals surface area contributed by atoms with Crippen LogP contribution in [0.3, 0.4) is 0 Å². The molecule has 2 rings (SSSR count). The second-order valence-corrected chi connectivity index (χ2v) is 4.39. The summed E-state index contributed by atoms with van der Waals surface area (Å²) in [6, 6.07) is 5.25. The number of benzene rings is 1. The van der Waals surface area contributed by atoms with Crippen molar-refractivity contribution in [2.75, 3.05) is 14.2 Å². The minimum Gasteiger partial charge on any atom is -0.496 e. The maximum Gasteiger partial charge on any atom is 0.373 e. The molecule has 6 nitrogen and oxygen atoms in total. The minimum atomic E-state index is -1.13. The number of hydrogen-bond donors (Lipinski definition) is 1. The highest BCUT2D eigenvalue weighted by Gasteiger charge is 2.24. The molecule has 0 amide bonds. The normalized spacial score (nSPS) is 10.4. The van der Waals surface area contributed by atoms with Crippen molar-refractivity contribution in [3.8, 4) is 23.0 Å². The molecule has 0 unspecified atom stereocenters. The van der Waals surface area contributed by atoms with Gasteiger partial charge >= 0.3 is 5.97 Å². The number of hydrogen-bond acceptors (Lipinski definition) is 5. The van der Waals surface area contributed by atoms with Crippen molar-refractivity contribution < 1.29 is 23.8 Å². The SMILES string of the molecule is CCCc1nc(-c2c(OC)cccc2OC)oc1C(=O)O. The van der Waals surface area contributed by atoms with E-state index in [0.29, 0.717) is 29.2 Å². The topological polar surface area (TPSA) is 81.8 Å². The van der Waals surface area contributed by atoms with E-state index in [9.17, 15) is 9.90 Å². The van der Waals surface area contributed by atoms with Gasteiger partial charge in [-0.15, -0.1) is 0 Å². The van der Waals surface area contributed by atoms with E-state index >= 15 is 0 Å². The Morgan fingerprint density at radius 3 is 2.38 bits per heavy atom. The molecule has 0 fully saturated rings. The quantitative estimate of drug-likeness (QED) is 0.881.